The summed E-state index contributed by atoms with van der Waals surface area (Å²) in [6.45, 7) is 13.5. The number of anilines is 3. The molecule has 2 aliphatic rings. The van der Waals surface area contributed by atoms with E-state index in [1.54, 1.807) is 0 Å². The topological polar surface area (TPSA) is 45.2 Å². The van der Waals surface area contributed by atoms with E-state index in [1.165, 1.54) is 11.1 Å². The lowest BCUT2D eigenvalue weighted by Gasteiger charge is -2.40. The Labute approximate surface area is 284 Å². The van der Waals surface area contributed by atoms with E-state index in [2.05, 4.69) is 133 Å². The third-order valence-corrected chi connectivity index (χ3v) is 9.80. The van der Waals surface area contributed by atoms with Gasteiger partial charge >= 0.3 is 5.97 Å². The fourth-order valence-corrected chi connectivity index (χ4v) is 7.37. The largest absolute Gasteiger partial charge is 0.456 e. The van der Waals surface area contributed by atoms with Crippen LogP contribution in [-0.4, -0.2) is 32.1 Å². The molecule has 1 spiro atoms. The molecule has 2 heterocycles. The minimum absolute atomic E-state index is 0.322. The molecule has 0 aliphatic carbocycles. The van der Waals surface area contributed by atoms with Crippen molar-refractivity contribution in [3.63, 3.8) is 0 Å². The molecule has 5 aromatic rings. The first-order valence-corrected chi connectivity index (χ1v) is 17.2. The van der Waals surface area contributed by atoms with Gasteiger partial charge < -0.3 is 24.2 Å². The van der Waals surface area contributed by atoms with Crippen LogP contribution in [0.3, 0.4) is 0 Å². The summed E-state index contributed by atoms with van der Waals surface area (Å²) in [5.74, 6) is 1.09. The summed E-state index contributed by atoms with van der Waals surface area (Å²) in [6, 6.07) is 39.7. The zero-order valence-electron chi connectivity index (χ0n) is 28.3. The Kier molecular flexibility index (Phi) is 8.57. The average molecular weight is 638 g/mol. The molecule has 0 aromatic heterocycles. The SMILES string of the molecule is CCN(CC)c1ccc2c(c1)Oc1cc(N(CC)CC)c(N(Cc3ccccc3)Cc3ccccc3)cc1C21OC(=O)c2ccccc21. The molecule has 1 atom stereocenters. The van der Waals surface area contributed by atoms with Gasteiger partial charge in [-0.25, -0.2) is 4.79 Å². The summed E-state index contributed by atoms with van der Waals surface area (Å²) >= 11 is 0. The maximum Gasteiger partial charge on any atom is 0.340 e. The van der Waals surface area contributed by atoms with Gasteiger partial charge in [0.15, 0.2) is 5.60 Å². The zero-order chi connectivity index (χ0) is 33.3. The number of rotatable bonds is 11. The minimum Gasteiger partial charge on any atom is -0.456 e. The number of nitrogens with zero attached hydrogens (tertiary/aromatic N) is 3. The van der Waals surface area contributed by atoms with Crippen molar-refractivity contribution in [2.24, 2.45) is 0 Å². The van der Waals surface area contributed by atoms with E-state index in [9.17, 15) is 4.79 Å². The van der Waals surface area contributed by atoms with Crippen LogP contribution in [0.15, 0.2) is 115 Å². The van der Waals surface area contributed by atoms with Crippen LogP contribution in [0.25, 0.3) is 0 Å². The highest BCUT2D eigenvalue weighted by Crippen LogP contribution is 2.58. The van der Waals surface area contributed by atoms with Gasteiger partial charge in [-0.3, -0.25) is 0 Å². The molecule has 0 saturated carbocycles. The lowest BCUT2D eigenvalue weighted by Crippen LogP contribution is -2.35. The Balaban J connectivity index is 1.49. The zero-order valence-corrected chi connectivity index (χ0v) is 28.3. The Hall–Kier alpha value is -5.23. The third-order valence-electron chi connectivity index (χ3n) is 9.80. The Morgan fingerprint density at radius 3 is 1.73 bits per heavy atom. The molecule has 0 N–H and O–H groups in total. The summed E-state index contributed by atoms with van der Waals surface area (Å²) in [5, 5.41) is 0. The third kappa shape index (κ3) is 5.35. The van der Waals surface area contributed by atoms with Crippen molar-refractivity contribution in [2.45, 2.75) is 46.4 Å². The monoisotopic (exact) mass is 637 g/mol. The van der Waals surface area contributed by atoms with Crippen LogP contribution in [0, 0.1) is 0 Å². The smallest absolute Gasteiger partial charge is 0.340 e. The summed E-state index contributed by atoms with van der Waals surface area (Å²) in [7, 11) is 0. The molecule has 48 heavy (non-hydrogen) atoms. The fourth-order valence-electron chi connectivity index (χ4n) is 7.37. The molecule has 0 fully saturated rings. The molecular formula is C42H43N3O3. The highest BCUT2D eigenvalue weighted by molar-refractivity contribution is 5.97. The number of benzene rings is 5. The van der Waals surface area contributed by atoms with E-state index >= 15 is 0 Å². The van der Waals surface area contributed by atoms with E-state index in [-0.39, 0.29) is 5.97 Å². The number of fused-ring (bicyclic) bond motifs is 6. The van der Waals surface area contributed by atoms with Crippen molar-refractivity contribution in [3.05, 3.63) is 149 Å². The Bertz CT molecular complexity index is 1880. The van der Waals surface area contributed by atoms with Gasteiger partial charge in [0.05, 0.1) is 16.9 Å². The number of carbonyl (C=O) groups excluding carboxylic acids is 1. The Morgan fingerprint density at radius 1 is 0.542 bits per heavy atom. The van der Waals surface area contributed by atoms with Crippen molar-refractivity contribution < 1.29 is 14.3 Å². The number of esters is 1. The quantitative estimate of drug-likeness (QED) is 0.135. The molecule has 0 amide bonds. The standard InChI is InChI=1S/C42H43N3O3/c1-5-43(6-2)32-23-24-35-39(25-32)47-40-27-38(44(7-3)8-4)37(26-36(40)42(35)34-22-16-15-21-33(34)41(46)48-42)45(28-30-17-11-9-12-18-30)29-31-19-13-10-14-20-31/h9-27H,5-8,28-29H2,1-4H3. The fraction of sp³-hybridized carbons (Fsp3) is 0.262. The first kappa shape index (κ1) is 31.4. The van der Waals surface area contributed by atoms with Gasteiger partial charge in [0.2, 0.25) is 0 Å². The summed E-state index contributed by atoms with van der Waals surface area (Å²) in [4.78, 5) is 20.8. The van der Waals surface area contributed by atoms with Crippen LogP contribution in [0.5, 0.6) is 11.5 Å². The van der Waals surface area contributed by atoms with E-state index < -0.39 is 5.60 Å². The second-order valence-corrected chi connectivity index (χ2v) is 12.4. The number of carbonyl (C=O) groups is 1. The van der Waals surface area contributed by atoms with E-state index in [0.717, 1.165) is 59.9 Å². The van der Waals surface area contributed by atoms with Gasteiger partial charge in [-0.05, 0) is 63.1 Å². The molecule has 244 valence electrons. The first-order chi connectivity index (χ1) is 23.5. The molecular weight excluding hydrogens is 594 g/mol. The highest BCUT2D eigenvalue weighted by atomic mass is 16.6. The molecule has 6 nitrogen and oxygen atoms in total. The molecule has 0 radical (unpaired) electrons. The average Bonchev–Trinajstić information content (AvgIpc) is 3.42. The predicted molar refractivity (Wildman–Crippen MR) is 195 cm³/mol. The molecule has 6 heteroatoms. The van der Waals surface area contributed by atoms with Crippen LogP contribution in [-0.2, 0) is 23.4 Å². The van der Waals surface area contributed by atoms with E-state index in [4.69, 9.17) is 9.47 Å². The van der Waals surface area contributed by atoms with Gasteiger partial charge in [0, 0.05) is 73.8 Å². The maximum absolute atomic E-state index is 13.7. The Morgan fingerprint density at radius 2 is 1.10 bits per heavy atom. The van der Waals surface area contributed by atoms with Gasteiger partial charge in [-0.2, -0.15) is 0 Å². The summed E-state index contributed by atoms with van der Waals surface area (Å²) in [6.07, 6.45) is 0. The van der Waals surface area contributed by atoms with Gasteiger partial charge in [-0.15, -0.1) is 0 Å². The van der Waals surface area contributed by atoms with Crippen molar-refractivity contribution in [2.75, 3.05) is 40.9 Å². The first-order valence-electron chi connectivity index (χ1n) is 17.2. The van der Waals surface area contributed by atoms with Crippen LogP contribution in [0.4, 0.5) is 17.1 Å². The molecule has 7 rings (SSSR count). The van der Waals surface area contributed by atoms with Crippen molar-refractivity contribution >= 4 is 23.0 Å². The number of hydrogen-bond acceptors (Lipinski definition) is 6. The second kappa shape index (κ2) is 13.1. The van der Waals surface area contributed by atoms with Crippen molar-refractivity contribution in [3.8, 4) is 11.5 Å². The van der Waals surface area contributed by atoms with Crippen LogP contribution in [0.1, 0.15) is 65.9 Å². The van der Waals surface area contributed by atoms with Gasteiger partial charge in [0.25, 0.3) is 0 Å². The maximum atomic E-state index is 13.7. The molecule has 1 unspecified atom stereocenters. The van der Waals surface area contributed by atoms with Gasteiger partial charge in [-0.1, -0.05) is 78.9 Å². The van der Waals surface area contributed by atoms with Crippen molar-refractivity contribution in [1.82, 2.24) is 0 Å². The summed E-state index contributed by atoms with van der Waals surface area (Å²) in [5.41, 5.74) is 7.61. The van der Waals surface area contributed by atoms with Crippen LogP contribution in [0.2, 0.25) is 0 Å². The second-order valence-electron chi connectivity index (χ2n) is 12.4. The van der Waals surface area contributed by atoms with E-state index in [1.807, 2.05) is 24.3 Å². The minimum atomic E-state index is -1.15. The lowest BCUT2D eigenvalue weighted by atomic mass is 9.77. The molecule has 0 saturated heterocycles. The highest BCUT2D eigenvalue weighted by Gasteiger charge is 2.54. The molecule has 0 bridgehead atoms. The lowest BCUT2D eigenvalue weighted by molar-refractivity contribution is 0.0224. The summed E-state index contributed by atoms with van der Waals surface area (Å²) < 4.78 is 13.5. The van der Waals surface area contributed by atoms with Crippen molar-refractivity contribution in [1.29, 1.82) is 0 Å². The molecule has 2 aliphatic heterocycles. The predicted octanol–water partition coefficient (Wildman–Crippen LogP) is 9.15. The van der Waals surface area contributed by atoms with Gasteiger partial charge in [0.1, 0.15) is 11.5 Å². The molecule has 5 aromatic carbocycles. The normalized spacial score (nSPS) is 15.6. The number of ether oxygens (including phenoxy) is 2. The van der Waals surface area contributed by atoms with Crippen LogP contribution < -0.4 is 19.4 Å². The van der Waals surface area contributed by atoms with Crippen LogP contribution >= 0.6 is 0 Å². The van der Waals surface area contributed by atoms with E-state index in [0.29, 0.717) is 30.2 Å². The number of hydrogen-bond donors (Lipinski definition) is 0.